The topological polar surface area (TPSA) is 73.2 Å². The van der Waals surface area contributed by atoms with Crippen molar-refractivity contribution in [2.24, 2.45) is 0 Å². The Morgan fingerprint density at radius 1 is 1.24 bits per heavy atom. The van der Waals surface area contributed by atoms with E-state index in [2.05, 4.69) is 10.4 Å². The van der Waals surface area contributed by atoms with Crippen LogP contribution in [0.15, 0.2) is 30.3 Å². The summed E-state index contributed by atoms with van der Waals surface area (Å²) in [5.41, 5.74) is 2.50. The predicted molar refractivity (Wildman–Crippen MR) is 95.6 cm³/mol. The van der Waals surface area contributed by atoms with E-state index in [1.165, 1.54) is 7.11 Å². The summed E-state index contributed by atoms with van der Waals surface area (Å²) in [6, 6.07) is 9.77. The molecule has 0 unspecified atom stereocenters. The minimum Gasteiger partial charge on any atom is -0.467 e. The fourth-order valence-electron chi connectivity index (χ4n) is 2.77. The third-order valence-corrected chi connectivity index (χ3v) is 4.54. The van der Waals surface area contributed by atoms with Crippen molar-refractivity contribution in [1.29, 1.82) is 0 Å². The van der Waals surface area contributed by atoms with Gasteiger partial charge in [-0.15, -0.1) is 0 Å². The second-order valence-electron chi connectivity index (χ2n) is 6.30. The number of para-hydroxylation sites is 1. The molecule has 1 N–H and O–H groups in total. The van der Waals surface area contributed by atoms with E-state index in [4.69, 9.17) is 4.74 Å². The zero-order valence-electron chi connectivity index (χ0n) is 15.4. The molecule has 0 fully saturated rings. The van der Waals surface area contributed by atoms with Crippen LogP contribution < -0.4 is 5.32 Å². The summed E-state index contributed by atoms with van der Waals surface area (Å²) in [5, 5.41) is 7.34. The molecular formula is C19H25N3O3. The van der Waals surface area contributed by atoms with Crippen LogP contribution in [0, 0.1) is 13.8 Å². The molecule has 6 nitrogen and oxygen atoms in total. The zero-order valence-corrected chi connectivity index (χ0v) is 15.4. The number of rotatable bonds is 6. The third-order valence-electron chi connectivity index (χ3n) is 4.54. The summed E-state index contributed by atoms with van der Waals surface area (Å²) in [4.78, 5) is 24.4. The SMILES string of the molecule is CC[C@@](C)(NC(=O)Cc1c(C)nn(-c2ccccc2)c1C)C(=O)OC. The van der Waals surface area contributed by atoms with Crippen molar-refractivity contribution in [2.75, 3.05) is 7.11 Å². The Labute approximate surface area is 148 Å². The molecule has 0 saturated carbocycles. The molecule has 0 bridgehead atoms. The van der Waals surface area contributed by atoms with Gasteiger partial charge >= 0.3 is 5.97 Å². The molecule has 1 amide bonds. The van der Waals surface area contributed by atoms with E-state index in [1.807, 2.05) is 55.8 Å². The van der Waals surface area contributed by atoms with Crippen LogP contribution in [0.4, 0.5) is 0 Å². The maximum Gasteiger partial charge on any atom is 0.331 e. The average molecular weight is 343 g/mol. The highest BCUT2D eigenvalue weighted by atomic mass is 16.5. The Bertz CT molecular complexity index is 768. The van der Waals surface area contributed by atoms with Gasteiger partial charge in [0.2, 0.25) is 5.91 Å². The first kappa shape index (κ1) is 18.7. The van der Waals surface area contributed by atoms with Gasteiger partial charge in [-0.05, 0) is 39.3 Å². The van der Waals surface area contributed by atoms with Gasteiger partial charge < -0.3 is 10.1 Å². The molecule has 1 aromatic heterocycles. The van der Waals surface area contributed by atoms with E-state index in [0.29, 0.717) is 6.42 Å². The highest BCUT2D eigenvalue weighted by Gasteiger charge is 2.34. The number of nitrogens with zero attached hydrogens (tertiary/aromatic N) is 2. The van der Waals surface area contributed by atoms with Crippen LogP contribution in [-0.4, -0.2) is 34.3 Å². The van der Waals surface area contributed by atoms with Gasteiger partial charge in [0.15, 0.2) is 0 Å². The smallest absolute Gasteiger partial charge is 0.331 e. The number of esters is 1. The maximum atomic E-state index is 12.5. The number of aryl methyl sites for hydroxylation is 1. The zero-order chi connectivity index (χ0) is 18.6. The molecule has 6 heteroatoms. The second-order valence-corrected chi connectivity index (χ2v) is 6.30. The predicted octanol–water partition coefficient (Wildman–Crippen LogP) is 2.49. The number of nitrogens with one attached hydrogen (secondary N) is 1. The fourth-order valence-corrected chi connectivity index (χ4v) is 2.77. The summed E-state index contributed by atoms with van der Waals surface area (Å²) in [5.74, 6) is -0.676. The van der Waals surface area contributed by atoms with Gasteiger partial charge in [-0.3, -0.25) is 4.79 Å². The van der Waals surface area contributed by atoms with E-state index >= 15 is 0 Å². The van der Waals surface area contributed by atoms with Crippen molar-refractivity contribution in [3.05, 3.63) is 47.3 Å². The Balaban J connectivity index is 2.22. The minimum absolute atomic E-state index is 0.164. The van der Waals surface area contributed by atoms with Crippen LogP contribution in [0.5, 0.6) is 0 Å². The number of benzene rings is 1. The number of carbonyl (C=O) groups is 2. The van der Waals surface area contributed by atoms with Crippen molar-refractivity contribution in [3.8, 4) is 5.69 Å². The normalized spacial score (nSPS) is 13.2. The lowest BCUT2D eigenvalue weighted by Crippen LogP contribution is -2.52. The highest BCUT2D eigenvalue weighted by molar-refractivity contribution is 5.88. The highest BCUT2D eigenvalue weighted by Crippen LogP contribution is 2.19. The molecule has 1 heterocycles. The van der Waals surface area contributed by atoms with Crippen LogP contribution in [0.25, 0.3) is 5.69 Å². The molecule has 0 aliphatic carbocycles. The molecule has 0 saturated heterocycles. The molecule has 134 valence electrons. The van der Waals surface area contributed by atoms with Crippen molar-refractivity contribution in [1.82, 2.24) is 15.1 Å². The van der Waals surface area contributed by atoms with Crippen LogP contribution in [-0.2, 0) is 20.7 Å². The van der Waals surface area contributed by atoms with E-state index in [-0.39, 0.29) is 12.3 Å². The van der Waals surface area contributed by atoms with Crippen LogP contribution in [0.1, 0.15) is 37.2 Å². The van der Waals surface area contributed by atoms with E-state index < -0.39 is 11.5 Å². The lowest BCUT2D eigenvalue weighted by atomic mass is 9.98. The first-order valence-electron chi connectivity index (χ1n) is 8.32. The Kier molecular flexibility index (Phi) is 5.62. The van der Waals surface area contributed by atoms with Crippen LogP contribution in [0.2, 0.25) is 0 Å². The number of hydrogen-bond donors (Lipinski definition) is 1. The largest absolute Gasteiger partial charge is 0.467 e. The molecule has 0 radical (unpaired) electrons. The van der Waals surface area contributed by atoms with E-state index in [1.54, 1.807) is 6.92 Å². The second kappa shape index (κ2) is 7.51. The van der Waals surface area contributed by atoms with Gasteiger partial charge in [0.05, 0.1) is 24.9 Å². The Morgan fingerprint density at radius 3 is 2.44 bits per heavy atom. The number of methoxy groups -OCH3 is 1. The monoisotopic (exact) mass is 343 g/mol. The van der Waals surface area contributed by atoms with Crippen molar-refractivity contribution in [3.63, 3.8) is 0 Å². The summed E-state index contributed by atoms with van der Waals surface area (Å²) < 4.78 is 6.63. The fraction of sp³-hybridized carbons (Fsp3) is 0.421. The van der Waals surface area contributed by atoms with Crippen molar-refractivity contribution in [2.45, 2.75) is 46.1 Å². The molecule has 0 spiro atoms. The molecule has 2 rings (SSSR count). The number of carbonyl (C=O) groups excluding carboxylic acids is 2. The first-order valence-corrected chi connectivity index (χ1v) is 8.32. The number of aromatic nitrogens is 2. The van der Waals surface area contributed by atoms with Gasteiger partial charge in [-0.2, -0.15) is 5.10 Å². The Morgan fingerprint density at radius 2 is 1.88 bits per heavy atom. The molecule has 0 aliphatic rings. The lowest BCUT2D eigenvalue weighted by Gasteiger charge is -2.26. The molecule has 2 aromatic rings. The van der Waals surface area contributed by atoms with Crippen LogP contribution in [0.3, 0.4) is 0 Å². The first-order chi connectivity index (χ1) is 11.8. The van der Waals surface area contributed by atoms with Gasteiger partial charge in [-0.25, -0.2) is 9.48 Å². The van der Waals surface area contributed by atoms with Gasteiger partial charge in [0, 0.05) is 11.3 Å². The minimum atomic E-state index is -1.02. The van der Waals surface area contributed by atoms with Gasteiger partial charge in [-0.1, -0.05) is 25.1 Å². The molecule has 1 aromatic carbocycles. The Hall–Kier alpha value is -2.63. The molecule has 0 aliphatic heterocycles. The van der Waals surface area contributed by atoms with Crippen LogP contribution >= 0.6 is 0 Å². The maximum absolute atomic E-state index is 12.5. The van der Waals surface area contributed by atoms with Crippen molar-refractivity contribution >= 4 is 11.9 Å². The van der Waals surface area contributed by atoms with Gasteiger partial charge in [0.1, 0.15) is 5.54 Å². The number of amides is 1. The quantitative estimate of drug-likeness (QED) is 0.818. The third kappa shape index (κ3) is 3.90. The molecular weight excluding hydrogens is 318 g/mol. The number of hydrogen-bond acceptors (Lipinski definition) is 4. The summed E-state index contributed by atoms with van der Waals surface area (Å²) in [6.45, 7) is 7.33. The lowest BCUT2D eigenvalue weighted by molar-refractivity contribution is -0.150. The molecule has 25 heavy (non-hydrogen) atoms. The van der Waals surface area contributed by atoms with E-state index in [0.717, 1.165) is 22.6 Å². The standard InChI is InChI=1S/C19H25N3O3/c1-6-19(4,18(24)25-5)20-17(23)12-16-13(2)21-22(14(16)3)15-10-8-7-9-11-15/h7-11H,6,12H2,1-5H3,(H,20,23)/t19-/m1/s1. The summed E-state index contributed by atoms with van der Waals surface area (Å²) in [7, 11) is 1.32. The van der Waals surface area contributed by atoms with Gasteiger partial charge in [0.25, 0.3) is 0 Å². The summed E-state index contributed by atoms with van der Waals surface area (Å²) >= 11 is 0. The number of ether oxygens (including phenoxy) is 1. The summed E-state index contributed by atoms with van der Waals surface area (Å²) in [6.07, 6.45) is 0.615. The average Bonchev–Trinajstić information content (AvgIpc) is 2.89. The molecule has 1 atom stereocenters. The van der Waals surface area contributed by atoms with Crippen molar-refractivity contribution < 1.29 is 14.3 Å². The van der Waals surface area contributed by atoms with E-state index in [9.17, 15) is 9.59 Å².